The van der Waals surface area contributed by atoms with Gasteiger partial charge < -0.3 is 9.64 Å². The number of fused-ring (bicyclic) bond motifs is 1. The Morgan fingerprint density at radius 3 is 2.69 bits per heavy atom. The van der Waals surface area contributed by atoms with Gasteiger partial charge in [-0.15, -0.1) is 11.3 Å². The van der Waals surface area contributed by atoms with E-state index < -0.39 is 0 Å². The number of aromatic nitrogens is 2. The topological polar surface area (TPSA) is 61.5 Å². The smallest absolute Gasteiger partial charge is 0.273 e. The van der Waals surface area contributed by atoms with E-state index in [4.69, 9.17) is 16.3 Å². The Hall–Kier alpha value is -2.19. The zero-order valence-electron chi connectivity index (χ0n) is 15.8. The molecule has 1 N–H and O–H groups in total. The zero-order chi connectivity index (χ0) is 19.8. The van der Waals surface area contributed by atoms with Crippen molar-refractivity contribution in [1.29, 1.82) is 0 Å². The maximum absolute atomic E-state index is 13.3. The molecule has 1 atom stereocenters. The first-order valence-electron chi connectivity index (χ1n) is 9.71. The van der Waals surface area contributed by atoms with Crippen LogP contribution in [0.25, 0.3) is 11.3 Å². The number of halogens is 1. The third-order valence-electron chi connectivity index (χ3n) is 5.55. The first-order valence-corrected chi connectivity index (χ1v) is 11.0. The Labute approximate surface area is 178 Å². The Balaban J connectivity index is 1.50. The summed E-state index contributed by atoms with van der Waals surface area (Å²) < 4.78 is 5.44. The first kappa shape index (κ1) is 18.8. The summed E-state index contributed by atoms with van der Waals surface area (Å²) in [6, 6.07) is 11.6. The van der Waals surface area contributed by atoms with Gasteiger partial charge in [0.2, 0.25) is 0 Å². The molecule has 4 heterocycles. The van der Waals surface area contributed by atoms with Gasteiger partial charge in [0.25, 0.3) is 5.91 Å². The summed E-state index contributed by atoms with van der Waals surface area (Å²) in [5.41, 5.74) is 3.32. The Bertz CT molecular complexity index is 996. The summed E-state index contributed by atoms with van der Waals surface area (Å²) in [6.45, 7) is 4.84. The van der Waals surface area contributed by atoms with Crippen molar-refractivity contribution >= 4 is 28.8 Å². The Morgan fingerprint density at radius 2 is 1.97 bits per heavy atom. The number of nitrogens with one attached hydrogen (secondary N) is 1. The third kappa shape index (κ3) is 3.48. The molecule has 1 aromatic carbocycles. The van der Waals surface area contributed by atoms with E-state index in [0.29, 0.717) is 17.3 Å². The number of H-pyrrole nitrogens is 1. The molecule has 0 aliphatic carbocycles. The van der Waals surface area contributed by atoms with Crippen LogP contribution in [-0.2, 0) is 4.74 Å². The predicted octanol–water partition coefficient (Wildman–Crippen LogP) is 3.67. The van der Waals surface area contributed by atoms with Crippen LogP contribution in [0.15, 0.2) is 41.8 Å². The summed E-state index contributed by atoms with van der Waals surface area (Å²) in [7, 11) is 0. The van der Waals surface area contributed by atoms with Crippen molar-refractivity contribution in [3.8, 4) is 11.3 Å². The number of ether oxygens (including phenoxy) is 1. The molecule has 1 amide bonds. The highest BCUT2D eigenvalue weighted by molar-refractivity contribution is 7.10. The lowest BCUT2D eigenvalue weighted by Crippen LogP contribution is -2.42. The van der Waals surface area contributed by atoms with Crippen molar-refractivity contribution in [2.75, 3.05) is 39.4 Å². The van der Waals surface area contributed by atoms with Crippen LogP contribution in [0.1, 0.15) is 27.0 Å². The lowest BCUT2D eigenvalue weighted by molar-refractivity contribution is 0.0317. The second kappa shape index (κ2) is 7.91. The maximum atomic E-state index is 13.3. The third-order valence-corrected chi connectivity index (χ3v) is 6.73. The molecule has 0 spiro atoms. The van der Waals surface area contributed by atoms with E-state index in [9.17, 15) is 4.79 Å². The fraction of sp³-hybridized carbons (Fsp3) is 0.333. The van der Waals surface area contributed by atoms with Crippen LogP contribution in [0.2, 0.25) is 5.02 Å². The molecule has 0 saturated carbocycles. The molecule has 0 radical (unpaired) electrons. The molecular weight excluding hydrogens is 408 g/mol. The monoisotopic (exact) mass is 428 g/mol. The highest BCUT2D eigenvalue weighted by Gasteiger charge is 2.42. The molecule has 29 heavy (non-hydrogen) atoms. The fourth-order valence-corrected chi connectivity index (χ4v) is 5.04. The van der Waals surface area contributed by atoms with E-state index in [1.165, 1.54) is 0 Å². The molecule has 1 fully saturated rings. The van der Waals surface area contributed by atoms with Crippen LogP contribution in [0.3, 0.4) is 0 Å². The quantitative estimate of drug-likeness (QED) is 0.673. The molecule has 1 unspecified atom stereocenters. The minimum absolute atomic E-state index is 0.0133. The normalized spacial score (nSPS) is 19.7. The van der Waals surface area contributed by atoms with Crippen LogP contribution in [0.4, 0.5) is 0 Å². The van der Waals surface area contributed by atoms with E-state index >= 15 is 0 Å². The number of amides is 1. The van der Waals surface area contributed by atoms with E-state index in [1.807, 2.05) is 35.2 Å². The summed E-state index contributed by atoms with van der Waals surface area (Å²) in [5.74, 6) is 0.0133. The Morgan fingerprint density at radius 1 is 1.17 bits per heavy atom. The Kier molecular flexibility index (Phi) is 5.13. The summed E-state index contributed by atoms with van der Waals surface area (Å²) >= 11 is 7.73. The minimum atomic E-state index is -0.122. The SMILES string of the molecule is O=C1c2[nH]nc(-c3ccc(Cl)cc3)c2C(c2cccs2)N1CCN1CCOCC1. The van der Waals surface area contributed by atoms with Crippen molar-refractivity contribution in [2.45, 2.75) is 6.04 Å². The maximum Gasteiger partial charge on any atom is 0.273 e. The van der Waals surface area contributed by atoms with Crippen LogP contribution in [0, 0.1) is 0 Å². The van der Waals surface area contributed by atoms with Gasteiger partial charge in [-0.1, -0.05) is 29.8 Å². The second-order valence-corrected chi connectivity index (χ2v) is 8.65. The lowest BCUT2D eigenvalue weighted by Gasteiger charge is -2.31. The minimum Gasteiger partial charge on any atom is -0.379 e. The number of carbonyl (C=O) groups excluding carboxylic acids is 1. The highest BCUT2D eigenvalue weighted by Crippen LogP contribution is 2.44. The number of morpholine rings is 1. The molecule has 6 nitrogen and oxygen atoms in total. The first-order chi connectivity index (χ1) is 14.2. The van der Waals surface area contributed by atoms with E-state index in [-0.39, 0.29) is 11.9 Å². The molecule has 150 valence electrons. The van der Waals surface area contributed by atoms with Crippen molar-refractivity contribution in [2.24, 2.45) is 0 Å². The molecule has 5 rings (SSSR count). The summed E-state index contributed by atoms with van der Waals surface area (Å²) in [4.78, 5) is 18.7. The number of aromatic amines is 1. The highest BCUT2D eigenvalue weighted by atomic mass is 35.5. The second-order valence-electron chi connectivity index (χ2n) is 7.24. The van der Waals surface area contributed by atoms with Gasteiger partial charge in [0.15, 0.2) is 0 Å². The van der Waals surface area contributed by atoms with Crippen molar-refractivity contribution in [1.82, 2.24) is 20.0 Å². The average molecular weight is 429 g/mol. The number of hydrogen-bond acceptors (Lipinski definition) is 5. The number of benzene rings is 1. The molecular formula is C21H21ClN4O2S. The van der Waals surface area contributed by atoms with Gasteiger partial charge in [-0.05, 0) is 23.6 Å². The van der Waals surface area contributed by atoms with Gasteiger partial charge in [0.05, 0.1) is 24.9 Å². The molecule has 2 aromatic heterocycles. The van der Waals surface area contributed by atoms with E-state index in [1.54, 1.807) is 11.3 Å². The number of nitrogens with zero attached hydrogens (tertiary/aromatic N) is 3. The number of rotatable bonds is 5. The van der Waals surface area contributed by atoms with Gasteiger partial charge >= 0.3 is 0 Å². The van der Waals surface area contributed by atoms with E-state index in [0.717, 1.165) is 54.5 Å². The molecule has 0 bridgehead atoms. The van der Waals surface area contributed by atoms with Gasteiger partial charge in [-0.25, -0.2) is 0 Å². The van der Waals surface area contributed by atoms with Crippen LogP contribution in [-0.4, -0.2) is 65.3 Å². The van der Waals surface area contributed by atoms with Gasteiger partial charge in [0, 0.05) is 47.2 Å². The molecule has 8 heteroatoms. The van der Waals surface area contributed by atoms with Crippen molar-refractivity contribution < 1.29 is 9.53 Å². The predicted molar refractivity (Wildman–Crippen MR) is 113 cm³/mol. The summed E-state index contributed by atoms with van der Waals surface area (Å²) in [5, 5.41) is 10.2. The fourth-order valence-electron chi connectivity index (χ4n) is 4.07. The van der Waals surface area contributed by atoms with Gasteiger partial charge in [0.1, 0.15) is 5.69 Å². The zero-order valence-corrected chi connectivity index (χ0v) is 17.4. The van der Waals surface area contributed by atoms with Crippen molar-refractivity contribution in [3.63, 3.8) is 0 Å². The van der Waals surface area contributed by atoms with Gasteiger partial charge in [-0.2, -0.15) is 5.10 Å². The van der Waals surface area contributed by atoms with Crippen LogP contribution in [0.5, 0.6) is 0 Å². The largest absolute Gasteiger partial charge is 0.379 e. The number of thiophene rings is 1. The number of hydrogen-bond donors (Lipinski definition) is 1. The molecule has 2 aliphatic rings. The van der Waals surface area contributed by atoms with E-state index in [2.05, 4.69) is 26.5 Å². The van der Waals surface area contributed by atoms with Crippen LogP contribution < -0.4 is 0 Å². The molecule has 3 aromatic rings. The van der Waals surface area contributed by atoms with Crippen LogP contribution >= 0.6 is 22.9 Å². The summed E-state index contributed by atoms with van der Waals surface area (Å²) in [6.07, 6.45) is 0. The number of carbonyl (C=O) groups is 1. The van der Waals surface area contributed by atoms with Crippen molar-refractivity contribution in [3.05, 3.63) is 62.9 Å². The van der Waals surface area contributed by atoms with Gasteiger partial charge in [-0.3, -0.25) is 14.8 Å². The molecule has 1 saturated heterocycles. The standard InChI is InChI=1S/C21H21ClN4O2S/c22-15-5-3-14(4-6-15)18-17-19(24-23-18)21(27)26(20(17)16-2-1-13-29-16)8-7-25-9-11-28-12-10-25/h1-6,13,20H,7-12H2,(H,23,24). The average Bonchev–Trinajstić information content (AvgIpc) is 3.47. The molecule has 2 aliphatic heterocycles. The lowest BCUT2D eigenvalue weighted by atomic mass is 10.0.